The van der Waals surface area contributed by atoms with Gasteiger partial charge in [-0.3, -0.25) is 4.79 Å². The zero-order chi connectivity index (χ0) is 19.4. The Labute approximate surface area is 164 Å². The van der Waals surface area contributed by atoms with Crippen LogP contribution in [0.4, 0.5) is 5.00 Å². The minimum Gasteiger partial charge on any atom is -0.462 e. The highest BCUT2D eigenvalue weighted by Gasteiger charge is 2.22. The van der Waals surface area contributed by atoms with Crippen molar-refractivity contribution in [3.05, 3.63) is 39.4 Å². The Kier molecular flexibility index (Phi) is 6.02. The molecule has 0 radical (unpaired) electrons. The van der Waals surface area contributed by atoms with Crippen LogP contribution in [0.3, 0.4) is 0 Å². The molecule has 3 aromatic heterocycles. The van der Waals surface area contributed by atoms with Crippen molar-refractivity contribution in [2.45, 2.75) is 33.6 Å². The van der Waals surface area contributed by atoms with E-state index in [1.807, 2.05) is 31.4 Å². The number of esters is 1. The molecule has 142 valence electrons. The van der Waals surface area contributed by atoms with Crippen LogP contribution >= 0.6 is 22.7 Å². The molecule has 0 aliphatic rings. The van der Waals surface area contributed by atoms with E-state index in [0.717, 1.165) is 15.3 Å². The second-order valence-corrected chi connectivity index (χ2v) is 7.92. The molecule has 0 unspecified atom stereocenters. The van der Waals surface area contributed by atoms with Crippen LogP contribution in [0.5, 0.6) is 0 Å². The summed E-state index contributed by atoms with van der Waals surface area (Å²) in [7, 11) is 0. The van der Waals surface area contributed by atoms with E-state index in [4.69, 9.17) is 9.26 Å². The first kappa shape index (κ1) is 19.2. The van der Waals surface area contributed by atoms with Gasteiger partial charge in [-0.15, -0.1) is 22.7 Å². The van der Waals surface area contributed by atoms with Crippen LogP contribution in [0.2, 0.25) is 0 Å². The summed E-state index contributed by atoms with van der Waals surface area (Å²) in [6.45, 7) is 5.78. The van der Waals surface area contributed by atoms with Crippen molar-refractivity contribution in [3.63, 3.8) is 0 Å². The third-order valence-electron chi connectivity index (χ3n) is 3.89. The maximum absolute atomic E-state index is 12.3. The lowest BCUT2D eigenvalue weighted by molar-refractivity contribution is -0.116. The second kappa shape index (κ2) is 8.45. The Balaban J connectivity index is 1.63. The van der Waals surface area contributed by atoms with Crippen LogP contribution in [0.1, 0.15) is 40.0 Å². The predicted molar refractivity (Wildman–Crippen MR) is 104 cm³/mol. The normalized spacial score (nSPS) is 10.8. The van der Waals surface area contributed by atoms with Gasteiger partial charge in [-0.2, -0.15) is 4.98 Å². The van der Waals surface area contributed by atoms with Gasteiger partial charge in [0.25, 0.3) is 0 Å². The van der Waals surface area contributed by atoms with Crippen LogP contribution in [-0.2, 0) is 16.0 Å². The van der Waals surface area contributed by atoms with Gasteiger partial charge in [0, 0.05) is 17.7 Å². The number of amides is 1. The number of ether oxygens (including phenoxy) is 1. The van der Waals surface area contributed by atoms with Crippen LogP contribution in [0, 0.1) is 13.8 Å². The summed E-state index contributed by atoms with van der Waals surface area (Å²) >= 11 is 2.89. The maximum atomic E-state index is 12.3. The molecule has 3 aromatic rings. The number of carbonyl (C=O) groups is 2. The van der Waals surface area contributed by atoms with Crippen molar-refractivity contribution in [3.8, 4) is 10.7 Å². The molecule has 0 saturated heterocycles. The van der Waals surface area contributed by atoms with Gasteiger partial charge in [0.15, 0.2) is 0 Å². The van der Waals surface area contributed by atoms with E-state index < -0.39 is 5.97 Å². The number of hydrogen-bond acceptors (Lipinski definition) is 8. The number of hydrogen-bond donors (Lipinski definition) is 1. The van der Waals surface area contributed by atoms with Crippen molar-refractivity contribution in [2.24, 2.45) is 0 Å². The highest BCUT2D eigenvalue weighted by Crippen LogP contribution is 2.33. The Morgan fingerprint density at radius 2 is 2.15 bits per heavy atom. The molecule has 0 bridgehead atoms. The SMILES string of the molecule is CCOC(=O)c1c(NC(=O)CCc2nc(-c3cccs3)no2)sc(C)c1C. The standard InChI is InChI=1S/C18H19N3O4S2/c1-4-24-18(23)15-10(2)11(3)27-17(15)19-13(22)7-8-14-20-16(21-25-14)12-6-5-9-26-12/h5-6,9H,4,7-8H2,1-3H3,(H,19,22). The average molecular weight is 406 g/mol. The number of thiophene rings is 2. The van der Waals surface area contributed by atoms with Crippen molar-refractivity contribution in [2.75, 3.05) is 11.9 Å². The highest BCUT2D eigenvalue weighted by molar-refractivity contribution is 7.16. The molecular formula is C18H19N3O4S2. The van der Waals surface area contributed by atoms with E-state index in [1.54, 1.807) is 6.92 Å². The summed E-state index contributed by atoms with van der Waals surface area (Å²) in [5.74, 6) is 0.275. The molecule has 7 nitrogen and oxygen atoms in total. The number of nitrogens with one attached hydrogen (secondary N) is 1. The lowest BCUT2D eigenvalue weighted by Crippen LogP contribution is -2.15. The van der Waals surface area contributed by atoms with Crippen LogP contribution in [0.15, 0.2) is 22.0 Å². The Bertz CT molecular complexity index is 944. The first-order valence-corrected chi connectivity index (χ1v) is 10.1. The van der Waals surface area contributed by atoms with Crippen LogP contribution < -0.4 is 5.32 Å². The van der Waals surface area contributed by atoms with Crippen molar-refractivity contribution in [1.82, 2.24) is 10.1 Å². The first-order valence-electron chi connectivity index (χ1n) is 8.43. The van der Waals surface area contributed by atoms with E-state index in [9.17, 15) is 9.59 Å². The van der Waals surface area contributed by atoms with Gasteiger partial charge in [0.05, 0.1) is 17.0 Å². The van der Waals surface area contributed by atoms with Gasteiger partial charge < -0.3 is 14.6 Å². The Morgan fingerprint density at radius 3 is 2.85 bits per heavy atom. The Hall–Kier alpha value is -2.52. The predicted octanol–water partition coefficient (Wildman–Crippen LogP) is 4.22. The molecule has 1 amide bonds. The summed E-state index contributed by atoms with van der Waals surface area (Å²) in [6.07, 6.45) is 0.493. The fourth-order valence-electron chi connectivity index (χ4n) is 2.44. The molecule has 0 aliphatic heterocycles. The third kappa shape index (κ3) is 4.42. The van der Waals surface area contributed by atoms with Crippen molar-refractivity contribution < 1.29 is 18.8 Å². The summed E-state index contributed by atoms with van der Waals surface area (Å²) in [5, 5.41) is 9.18. The molecule has 0 atom stereocenters. The largest absolute Gasteiger partial charge is 0.462 e. The fraction of sp³-hybridized carbons (Fsp3) is 0.333. The highest BCUT2D eigenvalue weighted by atomic mass is 32.1. The van der Waals surface area contributed by atoms with Crippen LogP contribution in [-0.4, -0.2) is 28.6 Å². The number of carbonyl (C=O) groups excluding carboxylic acids is 2. The smallest absolute Gasteiger partial charge is 0.341 e. The van der Waals surface area contributed by atoms with Gasteiger partial charge >= 0.3 is 5.97 Å². The Morgan fingerprint density at radius 1 is 1.33 bits per heavy atom. The molecule has 9 heteroatoms. The van der Waals surface area contributed by atoms with E-state index >= 15 is 0 Å². The van der Waals surface area contributed by atoms with E-state index in [1.165, 1.54) is 22.7 Å². The number of nitrogens with zero attached hydrogens (tertiary/aromatic N) is 2. The van der Waals surface area contributed by atoms with Crippen molar-refractivity contribution >= 4 is 39.6 Å². The fourth-order valence-corrected chi connectivity index (χ4v) is 4.15. The van der Waals surface area contributed by atoms with E-state index in [-0.39, 0.29) is 18.9 Å². The third-order valence-corrected chi connectivity index (χ3v) is 5.88. The van der Waals surface area contributed by atoms with Gasteiger partial charge in [-0.1, -0.05) is 11.2 Å². The molecular weight excluding hydrogens is 386 g/mol. The van der Waals surface area contributed by atoms with E-state index in [0.29, 0.717) is 28.7 Å². The summed E-state index contributed by atoms with van der Waals surface area (Å²) in [4.78, 5) is 30.7. The molecule has 0 fully saturated rings. The zero-order valence-corrected chi connectivity index (χ0v) is 16.8. The molecule has 3 rings (SSSR count). The minimum absolute atomic E-state index is 0.171. The van der Waals surface area contributed by atoms with Gasteiger partial charge in [-0.25, -0.2) is 4.79 Å². The van der Waals surface area contributed by atoms with Gasteiger partial charge in [0.2, 0.25) is 17.6 Å². The molecule has 0 spiro atoms. The number of aromatic nitrogens is 2. The minimum atomic E-state index is -0.424. The molecule has 1 N–H and O–H groups in total. The molecule has 0 aliphatic carbocycles. The van der Waals surface area contributed by atoms with Crippen molar-refractivity contribution in [1.29, 1.82) is 0 Å². The lowest BCUT2D eigenvalue weighted by atomic mass is 10.1. The lowest BCUT2D eigenvalue weighted by Gasteiger charge is -2.06. The zero-order valence-electron chi connectivity index (χ0n) is 15.2. The summed E-state index contributed by atoms with van der Waals surface area (Å²) in [5.41, 5.74) is 1.25. The maximum Gasteiger partial charge on any atom is 0.341 e. The van der Waals surface area contributed by atoms with E-state index in [2.05, 4.69) is 15.5 Å². The molecule has 27 heavy (non-hydrogen) atoms. The second-order valence-electron chi connectivity index (χ2n) is 5.75. The monoisotopic (exact) mass is 405 g/mol. The molecule has 0 aromatic carbocycles. The quantitative estimate of drug-likeness (QED) is 0.591. The summed E-state index contributed by atoms with van der Waals surface area (Å²) in [6, 6.07) is 3.82. The number of rotatable bonds is 7. The number of aryl methyl sites for hydroxylation is 2. The summed E-state index contributed by atoms with van der Waals surface area (Å²) < 4.78 is 10.3. The molecule has 0 saturated carbocycles. The van der Waals surface area contributed by atoms with Gasteiger partial charge in [0.1, 0.15) is 5.00 Å². The van der Waals surface area contributed by atoms with Crippen LogP contribution in [0.25, 0.3) is 10.7 Å². The number of anilines is 1. The first-order chi connectivity index (χ1) is 13.0. The topological polar surface area (TPSA) is 94.3 Å². The van der Waals surface area contributed by atoms with Gasteiger partial charge in [-0.05, 0) is 37.8 Å². The molecule has 3 heterocycles. The average Bonchev–Trinajstić information content (AvgIpc) is 3.35.